The van der Waals surface area contributed by atoms with Gasteiger partial charge in [0, 0.05) is 12.0 Å². The van der Waals surface area contributed by atoms with E-state index in [0.717, 1.165) is 12.8 Å². The molecule has 3 aromatic rings. The summed E-state index contributed by atoms with van der Waals surface area (Å²) in [5, 5.41) is 2.76. The van der Waals surface area contributed by atoms with Gasteiger partial charge in [0.25, 0.3) is 5.91 Å². The number of para-hydroxylation sites is 1. The smallest absolute Gasteiger partial charge is 0.277 e. The molecule has 0 unspecified atom stereocenters. The van der Waals surface area contributed by atoms with E-state index in [1.807, 2.05) is 30.3 Å². The SMILES string of the molecule is O=C(Nc1ccc(Oc2ccccc2)nc1)c1coc(C2CCC2)n1. The molecule has 4 rings (SSSR count). The fourth-order valence-electron chi connectivity index (χ4n) is 2.55. The zero-order chi connectivity index (χ0) is 17.1. The third-order valence-corrected chi connectivity index (χ3v) is 4.17. The van der Waals surface area contributed by atoms with Crippen LogP contribution in [0.5, 0.6) is 11.6 Å². The predicted octanol–water partition coefficient (Wildman–Crippen LogP) is 4.38. The van der Waals surface area contributed by atoms with Gasteiger partial charge in [-0.05, 0) is 31.0 Å². The molecule has 2 aromatic heterocycles. The summed E-state index contributed by atoms with van der Waals surface area (Å²) in [7, 11) is 0. The first kappa shape index (κ1) is 15.4. The quantitative estimate of drug-likeness (QED) is 0.748. The maximum absolute atomic E-state index is 12.2. The number of carbonyl (C=O) groups excluding carboxylic acids is 1. The van der Waals surface area contributed by atoms with Crippen LogP contribution in [0, 0.1) is 0 Å². The van der Waals surface area contributed by atoms with Crippen LogP contribution in [0.15, 0.2) is 59.3 Å². The van der Waals surface area contributed by atoms with E-state index in [1.165, 1.54) is 12.7 Å². The third kappa shape index (κ3) is 3.52. The zero-order valence-electron chi connectivity index (χ0n) is 13.5. The molecule has 25 heavy (non-hydrogen) atoms. The summed E-state index contributed by atoms with van der Waals surface area (Å²) in [4.78, 5) is 20.7. The van der Waals surface area contributed by atoms with E-state index in [4.69, 9.17) is 9.15 Å². The first-order valence-corrected chi connectivity index (χ1v) is 8.24. The Morgan fingerprint density at radius 2 is 2.00 bits per heavy atom. The molecule has 6 heteroatoms. The van der Waals surface area contributed by atoms with E-state index in [9.17, 15) is 4.79 Å². The minimum absolute atomic E-state index is 0.284. The van der Waals surface area contributed by atoms with Crippen molar-refractivity contribution in [3.05, 3.63) is 66.5 Å². The standard InChI is InChI=1S/C19H17N3O3/c23-18(16-12-24-19(22-16)13-5-4-6-13)21-14-9-10-17(20-11-14)25-15-7-2-1-3-8-15/h1-3,7-13H,4-6H2,(H,21,23). The summed E-state index contributed by atoms with van der Waals surface area (Å²) in [6, 6.07) is 12.8. The van der Waals surface area contributed by atoms with E-state index in [-0.39, 0.29) is 11.6 Å². The van der Waals surface area contributed by atoms with E-state index in [1.54, 1.807) is 18.3 Å². The first-order chi connectivity index (χ1) is 12.3. The van der Waals surface area contributed by atoms with Crippen LogP contribution in [0.25, 0.3) is 0 Å². The molecule has 0 aliphatic heterocycles. The lowest BCUT2D eigenvalue weighted by Gasteiger charge is -2.21. The molecule has 0 atom stereocenters. The zero-order valence-corrected chi connectivity index (χ0v) is 13.5. The van der Waals surface area contributed by atoms with Crippen molar-refractivity contribution in [2.24, 2.45) is 0 Å². The van der Waals surface area contributed by atoms with E-state index >= 15 is 0 Å². The van der Waals surface area contributed by atoms with Gasteiger partial charge in [0.2, 0.25) is 5.88 Å². The molecule has 0 bridgehead atoms. The van der Waals surface area contributed by atoms with E-state index < -0.39 is 0 Å². The molecule has 1 N–H and O–H groups in total. The summed E-state index contributed by atoms with van der Waals surface area (Å²) >= 11 is 0. The summed E-state index contributed by atoms with van der Waals surface area (Å²) in [5.41, 5.74) is 0.852. The van der Waals surface area contributed by atoms with Crippen LogP contribution < -0.4 is 10.1 Å². The highest BCUT2D eigenvalue weighted by molar-refractivity contribution is 6.02. The van der Waals surface area contributed by atoms with Gasteiger partial charge >= 0.3 is 0 Å². The monoisotopic (exact) mass is 335 g/mol. The van der Waals surface area contributed by atoms with Crippen molar-refractivity contribution in [1.29, 1.82) is 0 Å². The molecule has 1 amide bonds. The Bertz CT molecular complexity index is 855. The highest BCUT2D eigenvalue weighted by atomic mass is 16.5. The second kappa shape index (κ2) is 6.76. The van der Waals surface area contributed by atoms with Crippen LogP contribution in [0.1, 0.15) is 41.6 Å². The summed E-state index contributed by atoms with van der Waals surface area (Å²) < 4.78 is 11.0. The number of anilines is 1. The third-order valence-electron chi connectivity index (χ3n) is 4.17. The van der Waals surface area contributed by atoms with Crippen LogP contribution in [0.2, 0.25) is 0 Å². The maximum atomic E-state index is 12.2. The van der Waals surface area contributed by atoms with Gasteiger partial charge < -0.3 is 14.5 Å². The van der Waals surface area contributed by atoms with Gasteiger partial charge in [0.05, 0.1) is 11.9 Å². The first-order valence-electron chi connectivity index (χ1n) is 8.24. The molecule has 1 fully saturated rings. The van der Waals surface area contributed by atoms with Crippen molar-refractivity contribution in [3.63, 3.8) is 0 Å². The van der Waals surface area contributed by atoms with Crippen LogP contribution in [-0.4, -0.2) is 15.9 Å². The molecule has 0 saturated heterocycles. The number of carbonyl (C=O) groups is 1. The molecule has 1 saturated carbocycles. The molecule has 126 valence electrons. The Morgan fingerprint density at radius 1 is 1.16 bits per heavy atom. The molecule has 1 aliphatic rings. The highest BCUT2D eigenvalue weighted by Gasteiger charge is 2.25. The fourth-order valence-corrected chi connectivity index (χ4v) is 2.55. The van der Waals surface area contributed by atoms with Crippen LogP contribution in [-0.2, 0) is 0 Å². The Hall–Kier alpha value is -3.15. The maximum Gasteiger partial charge on any atom is 0.277 e. The average molecular weight is 335 g/mol. The number of hydrogen-bond acceptors (Lipinski definition) is 5. The molecule has 1 aliphatic carbocycles. The lowest BCUT2D eigenvalue weighted by Crippen LogP contribution is -2.14. The van der Waals surface area contributed by atoms with Crippen molar-refractivity contribution < 1.29 is 13.9 Å². The molecular formula is C19H17N3O3. The van der Waals surface area contributed by atoms with Crippen molar-refractivity contribution in [3.8, 4) is 11.6 Å². The second-order valence-electron chi connectivity index (χ2n) is 5.95. The van der Waals surface area contributed by atoms with Crippen LogP contribution >= 0.6 is 0 Å². The predicted molar refractivity (Wildman–Crippen MR) is 91.8 cm³/mol. The number of amides is 1. The average Bonchev–Trinajstić information content (AvgIpc) is 3.05. The van der Waals surface area contributed by atoms with E-state index in [2.05, 4.69) is 15.3 Å². The minimum atomic E-state index is -0.312. The summed E-state index contributed by atoms with van der Waals surface area (Å²) in [5.74, 6) is 1.86. The largest absolute Gasteiger partial charge is 0.448 e. The minimum Gasteiger partial charge on any atom is -0.448 e. The Morgan fingerprint density at radius 3 is 2.68 bits per heavy atom. The number of oxazole rings is 1. The number of pyridine rings is 1. The van der Waals surface area contributed by atoms with Crippen molar-refractivity contribution in [2.75, 3.05) is 5.32 Å². The Balaban J connectivity index is 1.38. The van der Waals surface area contributed by atoms with Gasteiger partial charge in [-0.25, -0.2) is 9.97 Å². The lowest BCUT2D eigenvalue weighted by atomic mass is 9.85. The van der Waals surface area contributed by atoms with Gasteiger partial charge in [-0.15, -0.1) is 0 Å². The van der Waals surface area contributed by atoms with Gasteiger partial charge in [-0.2, -0.15) is 0 Å². The normalized spacial score (nSPS) is 13.9. The summed E-state index contributed by atoms with van der Waals surface area (Å²) in [6.07, 6.45) is 6.30. The van der Waals surface area contributed by atoms with Crippen molar-refractivity contribution >= 4 is 11.6 Å². The van der Waals surface area contributed by atoms with E-state index in [0.29, 0.717) is 29.1 Å². The van der Waals surface area contributed by atoms with Crippen molar-refractivity contribution in [2.45, 2.75) is 25.2 Å². The van der Waals surface area contributed by atoms with Crippen LogP contribution in [0.4, 0.5) is 5.69 Å². The second-order valence-corrected chi connectivity index (χ2v) is 5.95. The number of nitrogens with one attached hydrogen (secondary N) is 1. The molecule has 0 spiro atoms. The molecule has 6 nitrogen and oxygen atoms in total. The van der Waals surface area contributed by atoms with Gasteiger partial charge in [-0.1, -0.05) is 24.6 Å². The number of ether oxygens (including phenoxy) is 1. The van der Waals surface area contributed by atoms with Crippen molar-refractivity contribution in [1.82, 2.24) is 9.97 Å². The number of rotatable bonds is 5. The summed E-state index contributed by atoms with van der Waals surface area (Å²) in [6.45, 7) is 0. The molecule has 2 heterocycles. The van der Waals surface area contributed by atoms with Crippen LogP contribution in [0.3, 0.4) is 0 Å². The number of nitrogens with zero attached hydrogens (tertiary/aromatic N) is 2. The van der Waals surface area contributed by atoms with Gasteiger partial charge in [0.1, 0.15) is 12.0 Å². The van der Waals surface area contributed by atoms with Gasteiger partial charge in [0.15, 0.2) is 11.6 Å². The lowest BCUT2D eigenvalue weighted by molar-refractivity contribution is 0.102. The Kier molecular flexibility index (Phi) is 4.16. The number of hydrogen-bond donors (Lipinski definition) is 1. The highest BCUT2D eigenvalue weighted by Crippen LogP contribution is 2.35. The molecule has 0 radical (unpaired) electrons. The fraction of sp³-hybridized carbons (Fsp3) is 0.211. The number of benzene rings is 1. The number of aromatic nitrogens is 2. The topological polar surface area (TPSA) is 77.2 Å². The molecule has 1 aromatic carbocycles. The van der Waals surface area contributed by atoms with Gasteiger partial charge in [-0.3, -0.25) is 4.79 Å². The Labute approximate surface area is 144 Å². The molecular weight excluding hydrogens is 318 g/mol.